The maximum atomic E-state index is 14.7. The average Bonchev–Trinajstić information content (AvgIpc) is 3.36. The van der Waals surface area contributed by atoms with Gasteiger partial charge in [-0.05, 0) is 49.6 Å². The van der Waals surface area contributed by atoms with Crippen molar-refractivity contribution in [2.75, 3.05) is 24.2 Å². The molecule has 0 aromatic heterocycles. The van der Waals surface area contributed by atoms with Crippen molar-refractivity contribution in [2.45, 2.75) is 37.1 Å². The first-order valence-corrected chi connectivity index (χ1v) is 9.41. The zero-order chi connectivity index (χ0) is 17.2. The van der Waals surface area contributed by atoms with Crippen molar-refractivity contribution < 1.29 is 14.0 Å². The number of nitrogens with one attached hydrogen (secondary N) is 2. The molecule has 2 N–H and O–H groups in total. The van der Waals surface area contributed by atoms with Gasteiger partial charge in [-0.3, -0.25) is 14.3 Å². The normalized spacial score (nSPS) is 22.3. The summed E-state index contributed by atoms with van der Waals surface area (Å²) in [7, 11) is 0. The summed E-state index contributed by atoms with van der Waals surface area (Å²) >= 11 is 1.54. The minimum Gasteiger partial charge on any atom is -0.347 e. The monoisotopic (exact) mass is 351 g/mol. The summed E-state index contributed by atoms with van der Waals surface area (Å²) in [5.41, 5.74) is 1.17. The molecule has 2 amide bonds. The van der Waals surface area contributed by atoms with E-state index in [1.54, 1.807) is 4.90 Å². The van der Waals surface area contributed by atoms with E-state index in [1.807, 2.05) is 18.4 Å². The van der Waals surface area contributed by atoms with E-state index in [0.29, 0.717) is 25.1 Å². The molecule has 1 aromatic rings. The fourth-order valence-electron chi connectivity index (χ4n) is 3.37. The molecule has 2 fully saturated rings. The predicted molar refractivity (Wildman–Crippen MR) is 93.4 cm³/mol. The molecular formula is C17H22FN3O2S. The second-order valence-corrected chi connectivity index (χ2v) is 7.14. The molecule has 1 atom stereocenters. The van der Waals surface area contributed by atoms with Crippen molar-refractivity contribution >= 4 is 30.0 Å². The Labute approximate surface area is 145 Å². The van der Waals surface area contributed by atoms with E-state index in [2.05, 4.69) is 10.0 Å². The minimum absolute atomic E-state index is 0.112. The van der Waals surface area contributed by atoms with E-state index < -0.39 is 6.04 Å². The molecule has 5 nitrogen and oxygen atoms in total. The lowest BCUT2D eigenvalue weighted by Crippen LogP contribution is -2.50. The molecular weight excluding hydrogens is 329 g/mol. The van der Waals surface area contributed by atoms with Crippen LogP contribution < -0.4 is 14.9 Å². The Morgan fingerprint density at radius 1 is 1.46 bits per heavy atom. The van der Waals surface area contributed by atoms with Gasteiger partial charge in [0.1, 0.15) is 11.9 Å². The van der Waals surface area contributed by atoms with Crippen LogP contribution in [0.25, 0.3) is 0 Å². The quantitative estimate of drug-likeness (QED) is 0.582. The molecule has 0 spiro atoms. The Balaban J connectivity index is 1.79. The highest BCUT2D eigenvalue weighted by Gasteiger charge is 2.45. The van der Waals surface area contributed by atoms with Gasteiger partial charge in [0.2, 0.25) is 12.3 Å². The summed E-state index contributed by atoms with van der Waals surface area (Å²) in [6, 6.07) is 4.57. The molecule has 2 aliphatic rings. The lowest BCUT2D eigenvalue weighted by Gasteiger charge is -2.32. The molecule has 1 saturated carbocycles. The Bertz CT molecular complexity index is 636. The molecule has 1 aliphatic heterocycles. The van der Waals surface area contributed by atoms with Crippen LogP contribution >= 0.6 is 11.9 Å². The summed E-state index contributed by atoms with van der Waals surface area (Å²) in [6.07, 6.45) is 5.86. The van der Waals surface area contributed by atoms with Crippen LogP contribution in [0.1, 0.15) is 31.2 Å². The molecule has 24 heavy (non-hydrogen) atoms. The van der Waals surface area contributed by atoms with E-state index in [1.165, 1.54) is 18.0 Å². The van der Waals surface area contributed by atoms with Crippen LogP contribution in [0.2, 0.25) is 0 Å². The first-order valence-electron chi connectivity index (χ1n) is 8.18. The van der Waals surface area contributed by atoms with Crippen molar-refractivity contribution in [1.82, 2.24) is 10.0 Å². The molecule has 1 aliphatic carbocycles. The molecule has 1 unspecified atom stereocenters. The van der Waals surface area contributed by atoms with E-state index in [-0.39, 0.29) is 17.1 Å². The van der Waals surface area contributed by atoms with Crippen LogP contribution in [0.3, 0.4) is 0 Å². The number of piperidine rings is 1. The van der Waals surface area contributed by atoms with Gasteiger partial charge in [-0.1, -0.05) is 18.0 Å². The number of anilines is 1. The topological polar surface area (TPSA) is 61.4 Å². The lowest BCUT2D eigenvalue weighted by atomic mass is 9.94. The third kappa shape index (κ3) is 3.28. The summed E-state index contributed by atoms with van der Waals surface area (Å²) in [4.78, 5) is 24.6. The maximum absolute atomic E-state index is 14.7. The SMILES string of the molecule is CSNCC1(c2ccc(N3CCCC(NC=O)C3=O)cc2F)CC1. The highest BCUT2D eigenvalue weighted by atomic mass is 32.2. The number of carbonyl (C=O) groups excluding carboxylic acids is 2. The molecule has 130 valence electrons. The predicted octanol–water partition coefficient (Wildman–Crippen LogP) is 1.97. The fourth-order valence-corrected chi connectivity index (χ4v) is 3.79. The standard InChI is InChI=1S/C17H22FN3O2S/c1-24-20-10-17(6-7-17)13-5-4-12(9-14(13)18)21-8-2-3-15(16(21)23)19-11-22/h4-5,9,11,15,20H,2-3,6-8,10H2,1H3,(H,19,22). The molecule has 0 bridgehead atoms. The molecule has 1 aromatic carbocycles. The van der Waals surface area contributed by atoms with Crippen LogP contribution in [0.15, 0.2) is 18.2 Å². The van der Waals surface area contributed by atoms with Gasteiger partial charge < -0.3 is 10.2 Å². The molecule has 3 rings (SSSR count). The Kier molecular flexibility index (Phi) is 5.10. The first-order chi connectivity index (χ1) is 11.6. The van der Waals surface area contributed by atoms with Crippen molar-refractivity contribution in [3.63, 3.8) is 0 Å². The second kappa shape index (κ2) is 7.11. The number of halogens is 1. The Hall–Kier alpha value is -1.60. The van der Waals surface area contributed by atoms with Gasteiger partial charge in [0, 0.05) is 24.2 Å². The van der Waals surface area contributed by atoms with E-state index in [9.17, 15) is 14.0 Å². The zero-order valence-corrected chi connectivity index (χ0v) is 14.5. The van der Waals surface area contributed by atoms with Crippen LogP contribution in [-0.4, -0.2) is 37.7 Å². The number of amides is 2. The van der Waals surface area contributed by atoms with E-state index in [0.717, 1.165) is 31.4 Å². The second-order valence-electron chi connectivity index (χ2n) is 6.44. The van der Waals surface area contributed by atoms with Gasteiger partial charge in [0.15, 0.2) is 0 Å². The van der Waals surface area contributed by atoms with Gasteiger partial charge in [0.25, 0.3) is 0 Å². The Morgan fingerprint density at radius 3 is 2.88 bits per heavy atom. The van der Waals surface area contributed by atoms with Crippen LogP contribution in [0.5, 0.6) is 0 Å². The number of rotatable bonds is 7. The number of nitrogens with zero attached hydrogens (tertiary/aromatic N) is 1. The molecule has 1 heterocycles. The summed E-state index contributed by atoms with van der Waals surface area (Å²) < 4.78 is 17.9. The van der Waals surface area contributed by atoms with Gasteiger partial charge in [-0.25, -0.2) is 4.39 Å². The molecule has 1 saturated heterocycles. The summed E-state index contributed by atoms with van der Waals surface area (Å²) in [5, 5.41) is 2.54. The van der Waals surface area contributed by atoms with Gasteiger partial charge in [-0.15, -0.1) is 0 Å². The van der Waals surface area contributed by atoms with Crippen LogP contribution in [0, 0.1) is 5.82 Å². The maximum Gasteiger partial charge on any atom is 0.249 e. The highest BCUT2D eigenvalue weighted by Crippen LogP contribution is 2.49. The Morgan fingerprint density at radius 2 is 2.25 bits per heavy atom. The number of carbonyl (C=O) groups is 2. The molecule has 0 radical (unpaired) electrons. The third-order valence-electron chi connectivity index (χ3n) is 4.95. The highest BCUT2D eigenvalue weighted by molar-refractivity contribution is 7.96. The van der Waals surface area contributed by atoms with Gasteiger partial charge in [-0.2, -0.15) is 0 Å². The van der Waals surface area contributed by atoms with Crippen molar-refractivity contribution in [1.29, 1.82) is 0 Å². The summed E-state index contributed by atoms with van der Waals surface area (Å²) in [6.45, 7) is 1.30. The van der Waals surface area contributed by atoms with Gasteiger partial charge >= 0.3 is 0 Å². The van der Waals surface area contributed by atoms with Gasteiger partial charge in [0.05, 0.1) is 0 Å². The van der Waals surface area contributed by atoms with Crippen molar-refractivity contribution in [3.8, 4) is 0 Å². The fraction of sp³-hybridized carbons (Fsp3) is 0.529. The van der Waals surface area contributed by atoms with E-state index >= 15 is 0 Å². The number of benzene rings is 1. The minimum atomic E-state index is -0.514. The van der Waals surface area contributed by atoms with Crippen molar-refractivity contribution in [3.05, 3.63) is 29.6 Å². The number of hydrogen-bond acceptors (Lipinski definition) is 4. The lowest BCUT2D eigenvalue weighted by molar-refractivity contribution is -0.124. The number of hydrogen-bond donors (Lipinski definition) is 2. The molecule has 7 heteroatoms. The first kappa shape index (κ1) is 17.2. The van der Waals surface area contributed by atoms with Crippen molar-refractivity contribution in [2.24, 2.45) is 0 Å². The smallest absolute Gasteiger partial charge is 0.249 e. The van der Waals surface area contributed by atoms with Crippen LogP contribution in [0.4, 0.5) is 10.1 Å². The third-order valence-corrected chi connectivity index (χ3v) is 5.39. The van der Waals surface area contributed by atoms with E-state index in [4.69, 9.17) is 0 Å². The van der Waals surface area contributed by atoms with Crippen LogP contribution in [-0.2, 0) is 15.0 Å². The average molecular weight is 351 g/mol. The zero-order valence-electron chi connectivity index (χ0n) is 13.7. The largest absolute Gasteiger partial charge is 0.347 e. The summed E-state index contributed by atoms with van der Waals surface area (Å²) in [5.74, 6) is -0.433.